The number of nitrogens with zero attached hydrogens (tertiary/aromatic N) is 1. The SMILES string of the molecule is Cc1cc(F)ccc1S(=O)(=O)N1CCC(NCC2CC2)CC1.Cl. The van der Waals surface area contributed by atoms with Crippen molar-refractivity contribution in [3.63, 3.8) is 0 Å². The van der Waals surface area contributed by atoms with E-state index in [1.807, 2.05) is 0 Å². The van der Waals surface area contributed by atoms with Gasteiger partial charge in [0, 0.05) is 19.1 Å². The van der Waals surface area contributed by atoms with Gasteiger partial charge in [0.15, 0.2) is 0 Å². The Morgan fingerprint density at radius 1 is 1.22 bits per heavy atom. The van der Waals surface area contributed by atoms with Gasteiger partial charge >= 0.3 is 0 Å². The van der Waals surface area contributed by atoms with Crippen molar-refractivity contribution < 1.29 is 12.8 Å². The summed E-state index contributed by atoms with van der Waals surface area (Å²) in [4.78, 5) is 0.221. The van der Waals surface area contributed by atoms with E-state index in [2.05, 4.69) is 5.32 Å². The maximum atomic E-state index is 13.2. The van der Waals surface area contributed by atoms with Gasteiger partial charge in [-0.3, -0.25) is 0 Å². The normalized spacial score (nSPS) is 20.3. The first kappa shape index (κ1) is 18.6. The zero-order valence-corrected chi connectivity index (χ0v) is 14.9. The molecule has 1 aliphatic carbocycles. The topological polar surface area (TPSA) is 49.4 Å². The van der Waals surface area contributed by atoms with E-state index >= 15 is 0 Å². The van der Waals surface area contributed by atoms with Crippen LogP contribution in [0, 0.1) is 18.7 Å². The van der Waals surface area contributed by atoms with Crippen LogP contribution in [0.3, 0.4) is 0 Å². The molecule has 2 aliphatic rings. The first-order valence-corrected chi connectivity index (χ1v) is 9.40. The molecule has 1 saturated heterocycles. The number of halogens is 2. The number of aryl methyl sites for hydroxylation is 1. The van der Waals surface area contributed by atoms with Crippen molar-refractivity contribution in [2.75, 3.05) is 19.6 Å². The Bertz CT molecular complexity index is 641. The molecule has 1 aromatic rings. The van der Waals surface area contributed by atoms with Crippen LogP contribution in [0.1, 0.15) is 31.2 Å². The molecule has 1 aromatic carbocycles. The fourth-order valence-corrected chi connectivity index (χ4v) is 4.67. The second-order valence-corrected chi connectivity index (χ2v) is 8.35. The average molecular weight is 363 g/mol. The van der Waals surface area contributed by atoms with Gasteiger partial charge < -0.3 is 5.32 Å². The number of sulfonamides is 1. The fraction of sp³-hybridized carbons (Fsp3) is 0.625. The quantitative estimate of drug-likeness (QED) is 0.876. The summed E-state index contributed by atoms with van der Waals surface area (Å²) in [6.45, 7) is 3.76. The molecule has 0 amide bonds. The van der Waals surface area contributed by atoms with Gasteiger partial charge in [0.2, 0.25) is 10.0 Å². The predicted octanol–water partition coefficient (Wildman–Crippen LogP) is 2.71. The molecule has 1 N–H and O–H groups in total. The number of hydrogen-bond acceptors (Lipinski definition) is 3. The summed E-state index contributed by atoms with van der Waals surface area (Å²) in [7, 11) is -3.51. The van der Waals surface area contributed by atoms with Crippen molar-refractivity contribution in [3.8, 4) is 0 Å². The molecule has 2 fully saturated rings. The largest absolute Gasteiger partial charge is 0.314 e. The molecule has 130 valence electrons. The number of piperidine rings is 1. The van der Waals surface area contributed by atoms with Crippen LogP contribution in [-0.2, 0) is 10.0 Å². The standard InChI is InChI=1S/C16H23FN2O2S.ClH/c1-12-10-14(17)4-5-16(12)22(20,21)19-8-6-15(7-9-19)18-11-13-2-3-13;/h4-5,10,13,15,18H,2-3,6-9,11H2,1H3;1H. The van der Waals surface area contributed by atoms with Gasteiger partial charge in [0.05, 0.1) is 4.90 Å². The number of hydrogen-bond donors (Lipinski definition) is 1. The third-order valence-corrected chi connectivity index (χ3v) is 6.66. The van der Waals surface area contributed by atoms with Gasteiger partial charge in [0.25, 0.3) is 0 Å². The van der Waals surface area contributed by atoms with E-state index in [1.54, 1.807) is 6.92 Å². The Hall–Kier alpha value is -0.690. The van der Waals surface area contributed by atoms with Crippen LogP contribution < -0.4 is 5.32 Å². The average Bonchev–Trinajstić information content (AvgIpc) is 3.29. The minimum atomic E-state index is -3.51. The van der Waals surface area contributed by atoms with E-state index in [1.165, 1.54) is 35.3 Å². The maximum absolute atomic E-state index is 13.2. The van der Waals surface area contributed by atoms with Crippen molar-refractivity contribution in [1.82, 2.24) is 9.62 Å². The van der Waals surface area contributed by atoms with Gasteiger partial charge in [-0.25, -0.2) is 12.8 Å². The number of rotatable bonds is 5. The van der Waals surface area contributed by atoms with Gasteiger partial charge in [-0.05, 0) is 68.8 Å². The van der Waals surface area contributed by atoms with E-state index in [0.717, 1.165) is 25.3 Å². The highest BCUT2D eigenvalue weighted by Gasteiger charge is 2.31. The summed E-state index contributed by atoms with van der Waals surface area (Å²) in [5, 5.41) is 3.54. The molecule has 0 radical (unpaired) electrons. The lowest BCUT2D eigenvalue weighted by Gasteiger charge is -2.32. The summed E-state index contributed by atoms with van der Waals surface area (Å²) < 4.78 is 40.1. The van der Waals surface area contributed by atoms with Gasteiger partial charge in [-0.1, -0.05) is 0 Å². The zero-order chi connectivity index (χ0) is 15.7. The smallest absolute Gasteiger partial charge is 0.243 e. The lowest BCUT2D eigenvalue weighted by Crippen LogP contribution is -2.45. The highest BCUT2D eigenvalue weighted by Crippen LogP contribution is 2.28. The summed E-state index contributed by atoms with van der Waals surface area (Å²) in [5.74, 6) is 0.433. The molecule has 0 aromatic heterocycles. The first-order chi connectivity index (χ1) is 10.5. The van der Waals surface area contributed by atoms with E-state index in [-0.39, 0.29) is 17.3 Å². The molecule has 23 heavy (non-hydrogen) atoms. The molecule has 3 rings (SSSR count). The molecule has 7 heteroatoms. The molecule has 1 aliphatic heterocycles. The minimum Gasteiger partial charge on any atom is -0.314 e. The lowest BCUT2D eigenvalue weighted by molar-refractivity contribution is 0.288. The molecular formula is C16H24ClFN2O2S. The third-order valence-electron chi connectivity index (χ3n) is 4.60. The van der Waals surface area contributed by atoms with Crippen LogP contribution >= 0.6 is 12.4 Å². The molecule has 0 unspecified atom stereocenters. The van der Waals surface area contributed by atoms with E-state index < -0.39 is 15.8 Å². The van der Waals surface area contributed by atoms with Crippen LogP contribution in [0.15, 0.2) is 23.1 Å². The zero-order valence-electron chi connectivity index (χ0n) is 13.3. The van der Waals surface area contributed by atoms with Crippen molar-refractivity contribution in [2.24, 2.45) is 5.92 Å². The number of benzene rings is 1. The van der Waals surface area contributed by atoms with E-state index in [4.69, 9.17) is 0 Å². The second-order valence-electron chi connectivity index (χ2n) is 6.44. The Kier molecular flexibility index (Phi) is 6.05. The van der Waals surface area contributed by atoms with Crippen molar-refractivity contribution in [3.05, 3.63) is 29.6 Å². The molecule has 1 saturated carbocycles. The van der Waals surface area contributed by atoms with Gasteiger partial charge in [0.1, 0.15) is 5.82 Å². The molecule has 0 bridgehead atoms. The molecule has 0 spiro atoms. The van der Waals surface area contributed by atoms with E-state index in [9.17, 15) is 12.8 Å². The highest BCUT2D eigenvalue weighted by molar-refractivity contribution is 7.89. The second kappa shape index (κ2) is 7.47. The number of nitrogens with one attached hydrogen (secondary N) is 1. The predicted molar refractivity (Wildman–Crippen MR) is 90.9 cm³/mol. The van der Waals surface area contributed by atoms with Crippen LogP contribution in [0.4, 0.5) is 4.39 Å². The Morgan fingerprint density at radius 2 is 1.87 bits per heavy atom. The van der Waals surface area contributed by atoms with Crippen molar-refractivity contribution in [1.29, 1.82) is 0 Å². The summed E-state index contributed by atoms with van der Waals surface area (Å²) >= 11 is 0. The van der Waals surface area contributed by atoms with Crippen molar-refractivity contribution >= 4 is 22.4 Å². The van der Waals surface area contributed by atoms with Crippen LogP contribution in [0.2, 0.25) is 0 Å². The van der Waals surface area contributed by atoms with Gasteiger partial charge in [-0.2, -0.15) is 4.31 Å². The molecular weight excluding hydrogens is 339 g/mol. The van der Waals surface area contributed by atoms with Crippen LogP contribution in [0.5, 0.6) is 0 Å². The van der Waals surface area contributed by atoms with Crippen molar-refractivity contribution in [2.45, 2.75) is 43.5 Å². The third kappa shape index (κ3) is 4.44. The molecule has 0 atom stereocenters. The summed E-state index contributed by atoms with van der Waals surface area (Å²) in [6, 6.07) is 4.28. The monoisotopic (exact) mass is 362 g/mol. The lowest BCUT2D eigenvalue weighted by atomic mass is 10.1. The highest BCUT2D eigenvalue weighted by atomic mass is 35.5. The Balaban J connectivity index is 0.00000192. The van der Waals surface area contributed by atoms with Crippen LogP contribution in [-0.4, -0.2) is 38.4 Å². The molecule has 1 heterocycles. The fourth-order valence-electron chi connectivity index (χ4n) is 3.00. The van der Waals surface area contributed by atoms with Crippen LogP contribution in [0.25, 0.3) is 0 Å². The van der Waals surface area contributed by atoms with E-state index in [0.29, 0.717) is 24.7 Å². The maximum Gasteiger partial charge on any atom is 0.243 e. The minimum absolute atomic E-state index is 0. The first-order valence-electron chi connectivity index (χ1n) is 7.96. The molecule has 4 nitrogen and oxygen atoms in total. The summed E-state index contributed by atoms with van der Waals surface area (Å²) in [6.07, 6.45) is 4.33. The Morgan fingerprint density at radius 3 is 2.43 bits per heavy atom. The summed E-state index contributed by atoms with van der Waals surface area (Å²) in [5.41, 5.74) is 0.467. The Labute approximate surface area is 143 Å². The van der Waals surface area contributed by atoms with Gasteiger partial charge in [-0.15, -0.1) is 12.4 Å².